The molecular formula is C18H17BrN2. The molecule has 2 aromatic carbocycles. The van der Waals surface area contributed by atoms with Gasteiger partial charge in [-0.25, -0.2) is 0 Å². The van der Waals surface area contributed by atoms with Gasteiger partial charge in [0.25, 0.3) is 0 Å². The number of hydrogen-bond acceptors (Lipinski definition) is 1. The van der Waals surface area contributed by atoms with Crippen LogP contribution < -0.4 is 5.32 Å². The molecule has 0 spiro atoms. The number of aromatic amines is 1. The van der Waals surface area contributed by atoms with Crippen molar-refractivity contribution in [1.29, 1.82) is 0 Å². The van der Waals surface area contributed by atoms with Crippen molar-refractivity contribution in [3.05, 3.63) is 69.3 Å². The largest absolute Gasteiger partial charge is 0.357 e. The molecule has 0 amide bonds. The minimum atomic E-state index is 0.264. The summed E-state index contributed by atoms with van der Waals surface area (Å²) in [4.78, 5) is 3.62. The van der Waals surface area contributed by atoms with Crippen LogP contribution in [0.5, 0.6) is 0 Å². The van der Waals surface area contributed by atoms with E-state index in [9.17, 15) is 0 Å². The highest BCUT2D eigenvalue weighted by Gasteiger charge is 2.25. The van der Waals surface area contributed by atoms with E-state index in [0.29, 0.717) is 0 Å². The van der Waals surface area contributed by atoms with E-state index < -0.39 is 0 Å². The quantitative estimate of drug-likeness (QED) is 0.671. The highest BCUT2D eigenvalue weighted by Crippen LogP contribution is 2.34. The predicted molar refractivity (Wildman–Crippen MR) is 90.7 cm³/mol. The standard InChI is InChI=1S/C18H17BrN2/c1-11-2-4-12(5-3-11)17-18-14(8-9-20-17)15-10-13(19)6-7-16(15)21-18/h2-7,10,17,20-21H,8-9H2,1H3. The molecule has 106 valence electrons. The molecule has 1 aromatic heterocycles. The molecule has 3 aromatic rings. The molecule has 0 aliphatic carbocycles. The third kappa shape index (κ3) is 2.21. The van der Waals surface area contributed by atoms with Gasteiger partial charge in [0.2, 0.25) is 0 Å². The van der Waals surface area contributed by atoms with Crippen LogP contribution in [0.4, 0.5) is 0 Å². The molecule has 0 saturated heterocycles. The first kappa shape index (κ1) is 13.1. The molecule has 1 aliphatic rings. The minimum Gasteiger partial charge on any atom is -0.357 e. The Morgan fingerprint density at radius 1 is 1.10 bits per heavy atom. The molecule has 1 atom stereocenters. The summed E-state index contributed by atoms with van der Waals surface area (Å²) in [5, 5.41) is 4.99. The van der Waals surface area contributed by atoms with Gasteiger partial charge < -0.3 is 10.3 Å². The normalized spacial score (nSPS) is 17.9. The van der Waals surface area contributed by atoms with Gasteiger partial charge in [0.05, 0.1) is 6.04 Å². The van der Waals surface area contributed by atoms with Crippen LogP contribution in [0.25, 0.3) is 10.9 Å². The molecule has 2 heterocycles. The van der Waals surface area contributed by atoms with Crippen molar-refractivity contribution in [2.45, 2.75) is 19.4 Å². The van der Waals surface area contributed by atoms with Gasteiger partial charge >= 0.3 is 0 Å². The number of aryl methyl sites for hydroxylation is 1. The van der Waals surface area contributed by atoms with E-state index in [0.717, 1.165) is 17.4 Å². The molecule has 1 unspecified atom stereocenters. The lowest BCUT2D eigenvalue weighted by Gasteiger charge is -2.25. The van der Waals surface area contributed by atoms with Crippen molar-refractivity contribution in [2.24, 2.45) is 0 Å². The van der Waals surface area contributed by atoms with E-state index in [1.165, 1.54) is 33.3 Å². The molecule has 2 nitrogen and oxygen atoms in total. The molecule has 4 rings (SSSR count). The van der Waals surface area contributed by atoms with Crippen molar-refractivity contribution >= 4 is 26.8 Å². The Balaban J connectivity index is 1.88. The van der Waals surface area contributed by atoms with Crippen LogP contribution >= 0.6 is 15.9 Å². The molecule has 0 saturated carbocycles. The van der Waals surface area contributed by atoms with Crippen molar-refractivity contribution < 1.29 is 0 Å². The van der Waals surface area contributed by atoms with Crippen molar-refractivity contribution in [3.8, 4) is 0 Å². The summed E-state index contributed by atoms with van der Waals surface area (Å²) < 4.78 is 1.14. The van der Waals surface area contributed by atoms with E-state index in [1.54, 1.807) is 0 Å². The SMILES string of the molecule is Cc1ccc(C2NCCc3c2[nH]c2ccc(Br)cc32)cc1. The third-order valence-corrected chi connectivity index (χ3v) is 4.82. The zero-order chi connectivity index (χ0) is 14.4. The first-order valence-corrected chi connectivity index (χ1v) is 8.11. The number of rotatable bonds is 1. The van der Waals surface area contributed by atoms with Crippen LogP contribution in [0, 0.1) is 6.92 Å². The van der Waals surface area contributed by atoms with Crippen molar-refractivity contribution in [2.75, 3.05) is 6.54 Å². The molecule has 2 N–H and O–H groups in total. The van der Waals surface area contributed by atoms with Crippen LogP contribution in [0.15, 0.2) is 46.9 Å². The Hall–Kier alpha value is -1.58. The molecule has 1 aliphatic heterocycles. The van der Waals surface area contributed by atoms with Gasteiger partial charge in [-0.15, -0.1) is 0 Å². The number of H-pyrrole nitrogens is 1. The Labute approximate surface area is 132 Å². The maximum atomic E-state index is 3.64. The van der Waals surface area contributed by atoms with Crippen LogP contribution in [-0.4, -0.2) is 11.5 Å². The van der Waals surface area contributed by atoms with Gasteiger partial charge in [-0.05, 0) is 42.7 Å². The van der Waals surface area contributed by atoms with E-state index in [2.05, 4.69) is 75.6 Å². The first-order chi connectivity index (χ1) is 10.2. The van der Waals surface area contributed by atoms with Crippen LogP contribution in [0.1, 0.15) is 28.4 Å². The fourth-order valence-electron chi connectivity index (χ4n) is 3.24. The molecule has 3 heteroatoms. The molecule has 0 fully saturated rings. The average Bonchev–Trinajstić information content (AvgIpc) is 2.86. The van der Waals surface area contributed by atoms with Crippen molar-refractivity contribution in [3.63, 3.8) is 0 Å². The zero-order valence-corrected chi connectivity index (χ0v) is 13.5. The molecule has 0 radical (unpaired) electrons. The number of halogens is 1. The lowest BCUT2D eigenvalue weighted by atomic mass is 9.94. The fourth-order valence-corrected chi connectivity index (χ4v) is 3.60. The monoisotopic (exact) mass is 340 g/mol. The summed E-state index contributed by atoms with van der Waals surface area (Å²) >= 11 is 3.58. The second-order valence-electron chi connectivity index (χ2n) is 5.75. The fraction of sp³-hybridized carbons (Fsp3) is 0.222. The summed E-state index contributed by atoms with van der Waals surface area (Å²) in [5.41, 5.74) is 6.63. The number of nitrogens with one attached hydrogen (secondary N) is 2. The van der Waals surface area contributed by atoms with Gasteiger partial charge in [-0.1, -0.05) is 45.8 Å². The lowest BCUT2D eigenvalue weighted by Crippen LogP contribution is -2.30. The maximum absolute atomic E-state index is 3.64. The second-order valence-corrected chi connectivity index (χ2v) is 6.67. The summed E-state index contributed by atoms with van der Waals surface area (Å²) in [5.74, 6) is 0. The molecular weight excluding hydrogens is 324 g/mol. The first-order valence-electron chi connectivity index (χ1n) is 7.32. The van der Waals surface area contributed by atoms with E-state index >= 15 is 0 Å². The summed E-state index contributed by atoms with van der Waals surface area (Å²) in [6.07, 6.45) is 1.08. The van der Waals surface area contributed by atoms with E-state index in [-0.39, 0.29) is 6.04 Å². The van der Waals surface area contributed by atoms with Gasteiger partial charge in [0.15, 0.2) is 0 Å². The zero-order valence-electron chi connectivity index (χ0n) is 11.9. The van der Waals surface area contributed by atoms with Crippen LogP contribution in [-0.2, 0) is 6.42 Å². The van der Waals surface area contributed by atoms with Gasteiger partial charge in [-0.3, -0.25) is 0 Å². The van der Waals surface area contributed by atoms with Gasteiger partial charge in [0, 0.05) is 27.6 Å². The van der Waals surface area contributed by atoms with E-state index in [4.69, 9.17) is 0 Å². The summed E-state index contributed by atoms with van der Waals surface area (Å²) in [6, 6.07) is 15.6. The Kier molecular flexibility index (Phi) is 3.12. The van der Waals surface area contributed by atoms with Crippen molar-refractivity contribution in [1.82, 2.24) is 10.3 Å². The number of aromatic nitrogens is 1. The summed E-state index contributed by atoms with van der Waals surface area (Å²) in [7, 11) is 0. The lowest BCUT2D eigenvalue weighted by molar-refractivity contribution is 0.560. The van der Waals surface area contributed by atoms with E-state index in [1.807, 2.05) is 0 Å². The topological polar surface area (TPSA) is 27.8 Å². The highest BCUT2D eigenvalue weighted by atomic mass is 79.9. The highest BCUT2D eigenvalue weighted by molar-refractivity contribution is 9.10. The Morgan fingerprint density at radius 3 is 2.71 bits per heavy atom. The average molecular weight is 341 g/mol. The smallest absolute Gasteiger partial charge is 0.0732 e. The molecule has 0 bridgehead atoms. The van der Waals surface area contributed by atoms with Crippen LogP contribution in [0.3, 0.4) is 0 Å². The number of fused-ring (bicyclic) bond motifs is 3. The number of benzene rings is 2. The van der Waals surface area contributed by atoms with Gasteiger partial charge in [0.1, 0.15) is 0 Å². The van der Waals surface area contributed by atoms with Gasteiger partial charge in [-0.2, -0.15) is 0 Å². The predicted octanol–water partition coefficient (Wildman–Crippen LogP) is 4.47. The summed E-state index contributed by atoms with van der Waals surface area (Å²) in [6.45, 7) is 3.15. The second kappa shape index (κ2) is 5.00. The third-order valence-electron chi connectivity index (χ3n) is 4.32. The van der Waals surface area contributed by atoms with Crippen LogP contribution in [0.2, 0.25) is 0 Å². The number of hydrogen-bond donors (Lipinski definition) is 2. The minimum absolute atomic E-state index is 0.264. The Bertz CT molecular complexity index is 802. The molecule has 21 heavy (non-hydrogen) atoms. The maximum Gasteiger partial charge on any atom is 0.0732 e. The Morgan fingerprint density at radius 2 is 1.90 bits per heavy atom.